The fourth-order valence-electron chi connectivity index (χ4n) is 2.29. The smallest absolute Gasteiger partial charge is 0.306 e. The summed E-state index contributed by atoms with van der Waals surface area (Å²) in [5.41, 5.74) is 1.35. The van der Waals surface area contributed by atoms with Crippen molar-refractivity contribution in [3.8, 4) is 6.07 Å². The highest BCUT2D eigenvalue weighted by Crippen LogP contribution is 2.30. The number of nitrogens with one attached hydrogen (secondary N) is 1. The third-order valence-corrected chi connectivity index (χ3v) is 3.74. The van der Waals surface area contributed by atoms with Crippen LogP contribution in [0.4, 0.5) is 5.69 Å². The molecule has 0 saturated heterocycles. The van der Waals surface area contributed by atoms with Crippen LogP contribution in [-0.2, 0) is 4.79 Å². The number of carbonyl (C=O) groups is 1. The standard InChI is InChI=1S/C13H13BrN2O2/c14-10-2-4-12(9(5-10)7-15)16-11-3-1-8(6-11)13(17)18/h2,4-5,8,11,16H,1,3,6H2,(H,17,18). The van der Waals surface area contributed by atoms with Crippen LogP contribution in [0.25, 0.3) is 0 Å². The Morgan fingerprint density at radius 2 is 2.28 bits per heavy atom. The summed E-state index contributed by atoms with van der Waals surface area (Å²) >= 11 is 3.32. The zero-order chi connectivity index (χ0) is 13.1. The fraction of sp³-hybridized carbons (Fsp3) is 0.385. The van der Waals surface area contributed by atoms with Gasteiger partial charge in [-0.15, -0.1) is 0 Å². The molecular formula is C13H13BrN2O2. The SMILES string of the molecule is N#Cc1cc(Br)ccc1NC1CCC(C(=O)O)C1. The normalized spacial score (nSPS) is 22.4. The summed E-state index contributed by atoms with van der Waals surface area (Å²) in [4.78, 5) is 10.9. The van der Waals surface area contributed by atoms with E-state index >= 15 is 0 Å². The van der Waals surface area contributed by atoms with Crippen LogP contribution in [0.5, 0.6) is 0 Å². The van der Waals surface area contributed by atoms with Crippen molar-refractivity contribution in [2.45, 2.75) is 25.3 Å². The molecule has 2 rings (SSSR count). The van der Waals surface area contributed by atoms with Crippen LogP contribution in [0.1, 0.15) is 24.8 Å². The van der Waals surface area contributed by atoms with Gasteiger partial charge in [0.25, 0.3) is 0 Å². The fourth-order valence-corrected chi connectivity index (χ4v) is 2.65. The first kappa shape index (κ1) is 12.9. The minimum atomic E-state index is -0.726. The summed E-state index contributed by atoms with van der Waals surface area (Å²) in [7, 11) is 0. The van der Waals surface area contributed by atoms with Gasteiger partial charge in [0, 0.05) is 10.5 Å². The predicted molar refractivity (Wildman–Crippen MR) is 71.2 cm³/mol. The van der Waals surface area contributed by atoms with E-state index in [9.17, 15) is 4.79 Å². The third kappa shape index (κ3) is 2.82. The molecule has 0 heterocycles. The lowest BCUT2D eigenvalue weighted by Gasteiger charge is -2.15. The lowest BCUT2D eigenvalue weighted by Crippen LogP contribution is -2.18. The second kappa shape index (κ2) is 5.40. The molecule has 0 bridgehead atoms. The molecule has 5 heteroatoms. The zero-order valence-electron chi connectivity index (χ0n) is 9.69. The van der Waals surface area contributed by atoms with Crippen LogP contribution in [0.15, 0.2) is 22.7 Å². The monoisotopic (exact) mass is 308 g/mol. The molecule has 0 amide bonds. The molecule has 2 N–H and O–H groups in total. The largest absolute Gasteiger partial charge is 0.481 e. The van der Waals surface area contributed by atoms with Gasteiger partial charge in [-0.3, -0.25) is 4.79 Å². The first-order valence-corrected chi connectivity index (χ1v) is 6.58. The van der Waals surface area contributed by atoms with Crippen molar-refractivity contribution < 1.29 is 9.90 Å². The molecular weight excluding hydrogens is 296 g/mol. The highest BCUT2D eigenvalue weighted by molar-refractivity contribution is 9.10. The van der Waals surface area contributed by atoms with Crippen LogP contribution in [0.2, 0.25) is 0 Å². The molecule has 1 fully saturated rings. The molecule has 1 aliphatic rings. The summed E-state index contributed by atoms with van der Waals surface area (Å²) in [6.45, 7) is 0. The van der Waals surface area contributed by atoms with E-state index in [1.807, 2.05) is 12.1 Å². The van der Waals surface area contributed by atoms with Gasteiger partial charge in [0.15, 0.2) is 0 Å². The number of nitrogens with zero attached hydrogens (tertiary/aromatic N) is 1. The van der Waals surface area contributed by atoms with Crippen LogP contribution < -0.4 is 5.32 Å². The van der Waals surface area contributed by atoms with E-state index in [1.165, 1.54) is 0 Å². The van der Waals surface area contributed by atoms with Crippen molar-refractivity contribution in [1.29, 1.82) is 5.26 Å². The molecule has 0 radical (unpaired) electrons. The molecule has 94 valence electrons. The Hall–Kier alpha value is -1.54. The van der Waals surface area contributed by atoms with Gasteiger partial charge in [-0.1, -0.05) is 15.9 Å². The summed E-state index contributed by atoms with van der Waals surface area (Å²) in [5.74, 6) is -0.987. The molecule has 18 heavy (non-hydrogen) atoms. The number of hydrogen-bond donors (Lipinski definition) is 2. The molecule has 2 unspecified atom stereocenters. The van der Waals surface area contributed by atoms with E-state index < -0.39 is 5.97 Å². The number of halogens is 1. The molecule has 1 saturated carbocycles. The second-order valence-corrected chi connectivity index (χ2v) is 5.41. The highest BCUT2D eigenvalue weighted by Gasteiger charge is 2.29. The van der Waals surface area contributed by atoms with Gasteiger partial charge in [-0.25, -0.2) is 0 Å². The number of hydrogen-bond acceptors (Lipinski definition) is 3. The van der Waals surface area contributed by atoms with Crippen molar-refractivity contribution in [2.75, 3.05) is 5.32 Å². The Kier molecular flexibility index (Phi) is 3.87. The van der Waals surface area contributed by atoms with Crippen LogP contribution >= 0.6 is 15.9 Å². The lowest BCUT2D eigenvalue weighted by atomic mass is 10.1. The van der Waals surface area contributed by atoms with Gasteiger partial charge in [-0.2, -0.15) is 5.26 Å². The molecule has 4 nitrogen and oxygen atoms in total. The Morgan fingerprint density at radius 3 is 2.89 bits per heavy atom. The molecule has 1 aromatic rings. The van der Waals surface area contributed by atoms with E-state index in [4.69, 9.17) is 10.4 Å². The van der Waals surface area contributed by atoms with Crippen LogP contribution in [0, 0.1) is 17.2 Å². The average molecular weight is 309 g/mol. The van der Waals surface area contributed by atoms with Crippen molar-refractivity contribution in [2.24, 2.45) is 5.92 Å². The predicted octanol–water partition coefficient (Wildman–Crippen LogP) is 2.99. The summed E-state index contributed by atoms with van der Waals surface area (Å²) in [5, 5.41) is 21.3. The first-order chi connectivity index (χ1) is 8.60. The minimum absolute atomic E-state index is 0.138. The number of rotatable bonds is 3. The number of nitriles is 1. The Balaban J connectivity index is 2.07. The van der Waals surface area contributed by atoms with Gasteiger partial charge in [0.1, 0.15) is 6.07 Å². The number of benzene rings is 1. The van der Waals surface area contributed by atoms with E-state index in [2.05, 4.69) is 27.3 Å². The summed E-state index contributed by atoms with van der Waals surface area (Å²) in [6, 6.07) is 7.74. The van der Waals surface area contributed by atoms with Crippen LogP contribution in [-0.4, -0.2) is 17.1 Å². The van der Waals surface area contributed by atoms with E-state index in [0.717, 1.165) is 16.6 Å². The van der Waals surface area contributed by atoms with Gasteiger partial charge in [0.05, 0.1) is 17.2 Å². The molecule has 1 aliphatic carbocycles. The van der Waals surface area contributed by atoms with Crippen molar-refractivity contribution in [3.63, 3.8) is 0 Å². The Labute approximate surface area is 114 Å². The number of carboxylic acids is 1. The maximum atomic E-state index is 10.9. The van der Waals surface area contributed by atoms with Gasteiger partial charge >= 0.3 is 5.97 Å². The van der Waals surface area contributed by atoms with Crippen LogP contribution in [0.3, 0.4) is 0 Å². The van der Waals surface area contributed by atoms with E-state index in [1.54, 1.807) is 6.07 Å². The van der Waals surface area contributed by atoms with Gasteiger partial charge in [-0.05, 0) is 37.5 Å². The zero-order valence-corrected chi connectivity index (χ0v) is 11.3. The highest BCUT2D eigenvalue weighted by atomic mass is 79.9. The third-order valence-electron chi connectivity index (χ3n) is 3.24. The van der Waals surface area contributed by atoms with E-state index in [0.29, 0.717) is 18.4 Å². The first-order valence-electron chi connectivity index (χ1n) is 5.79. The second-order valence-electron chi connectivity index (χ2n) is 4.49. The number of aliphatic carboxylic acids is 1. The molecule has 0 spiro atoms. The topological polar surface area (TPSA) is 73.1 Å². The summed E-state index contributed by atoms with van der Waals surface area (Å²) < 4.78 is 0.861. The molecule has 0 aromatic heterocycles. The average Bonchev–Trinajstić information content (AvgIpc) is 2.80. The maximum absolute atomic E-state index is 10.9. The Morgan fingerprint density at radius 1 is 1.50 bits per heavy atom. The minimum Gasteiger partial charge on any atom is -0.481 e. The summed E-state index contributed by atoms with van der Waals surface area (Å²) in [6.07, 6.45) is 2.15. The van der Waals surface area contributed by atoms with Gasteiger partial charge in [0.2, 0.25) is 0 Å². The molecule has 2 atom stereocenters. The number of carboxylic acid groups (broad SMARTS) is 1. The van der Waals surface area contributed by atoms with Crippen molar-refractivity contribution in [1.82, 2.24) is 0 Å². The van der Waals surface area contributed by atoms with Gasteiger partial charge < -0.3 is 10.4 Å². The van der Waals surface area contributed by atoms with Crippen molar-refractivity contribution in [3.05, 3.63) is 28.2 Å². The lowest BCUT2D eigenvalue weighted by molar-refractivity contribution is -0.141. The maximum Gasteiger partial charge on any atom is 0.306 e. The number of anilines is 1. The molecule has 0 aliphatic heterocycles. The quantitative estimate of drug-likeness (QED) is 0.900. The molecule has 1 aromatic carbocycles. The van der Waals surface area contributed by atoms with E-state index in [-0.39, 0.29) is 12.0 Å². The Bertz CT molecular complexity index is 510. The van der Waals surface area contributed by atoms with Crippen molar-refractivity contribution >= 4 is 27.6 Å².